The van der Waals surface area contributed by atoms with Gasteiger partial charge in [0.1, 0.15) is 24.2 Å². The largest absolute Gasteiger partial charge is 0.467 e. The highest BCUT2D eigenvalue weighted by molar-refractivity contribution is 5.94. The first-order valence-corrected chi connectivity index (χ1v) is 10.4. The molecule has 0 radical (unpaired) electrons. The molecule has 1 amide bonds. The molecule has 0 saturated carbocycles. The van der Waals surface area contributed by atoms with E-state index >= 15 is 0 Å². The number of hydrogen-bond donors (Lipinski definition) is 0. The first kappa shape index (κ1) is 20.5. The second-order valence-electron chi connectivity index (χ2n) is 7.41. The Labute approximate surface area is 181 Å². The number of unbranched alkanes of at least 4 members (excludes halogenated alkanes) is 1. The molecule has 3 heterocycles. The van der Waals surface area contributed by atoms with Gasteiger partial charge in [0, 0.05) is 23.4 Å². The van der Waals surface area contributed by atoms with E-state index in [2.05, 4.69) is 22.1 Å². The van der Waals surface area contributed by atoms with Crippen LogP contribution in [0.5, 0.6) is 0 Å². The molecule has 0 spiro atoms. The van der Waals surface area contributed by atoms with Gasteiger partial charge in [-0.1, -0.05) is 25.5 Å². The number of carbonyl (C=O) groups is 1. The highest BCUT2D eigenvalue weighted by atomic mass is 16.3. The lowest BCUT2D eigenvalue weighted by molar-refractivity contribution is 0.0729. The van der Waals surface area contributed by atoms with E-state index in [1.165, 1.54) is 0 Å². The van der Waals surface area contributed by atoms with Gasteiger partial charge < -0.3 is 9.32 Å². The fourth-order valence-corrected chi connectivity index (χ4v) is 3.48. The summed E-state index contributed by atoms with van der Waals surface area (Å²) >= 11 is 0. The van der Waals surface area contributed by atoms with Gasteiger partial charge in [-0.2, -0.15) is 0 Å². The lowest BCUT2D eigenvalue weighted by Crippen LogP contribution is -2.31. The SMILES string of the molecule is CCCCN(Cc1ccco1)C(=O)c1ccc(-c2ccc(-n3cnnc3)nc2C)cc1. The Bertz CT molecular complexity index is 1120. The molecule has 7 nitrogen and oxygen atoms in total. The molecule has 1 aromatic carbocycles. The topological polar surface area (TPSA) is 77.0 Å². The van der Waals surface area contributed by atoms with E-state index in [0.29, 0.717) is 18.7 Å². The van der Waals surface area contributed by atoms with E-state index in [4.69, 9.17) is 4.42 Å². The predicted octanol–water partition coefficient (Wildman–Crippen LogP) is 4.67. The van der Waals surface area contributed by atoms with E-state index in [1.54, 1.807) is 23.5 Å². The number of carbonyl (C=O) groups excluding carboxylic acids is 1. The number of furan rings is 1. The molecule has 7 heteroatoms. The fraction of sp³-hybridized carbons (Fsp3) is 0.250. The molecule has 0 aliphatic heterocycles. The molecule has 4 aromatic rings. The van der Waals surface area contributed by atoms with Gasteiger partial charge >= 0.3 is 0 Å². The van der Waals surface area contributed by atoms with Gasteiger partial charge in [-0.3, -0.25) is 9.36 Å². The van der Waals surface area contributed by atoms with E-state index in [0.717, 1.165) is 41.2 Å². The van der Waals surface area contributed by atoms with Crippen LogP contribution < -0.4 is 0 Å². The maximum Gasteiger partial charge on any atom is 0.254 e. The molecule has 31 heavy (non-hydrogen) atoms. The van der Waals surface area contributed by atoms with Crippen molar-refractivity contribution in [1.29, 1.82) is 0 Å². The Morgan fingerprint density at radius 2 is 1.84 bits per heavy atom. The van der Waals surface area contributed by atoms with Gasteiger partial charge in [-0.25, -0.2) is 4.98 Å². The lowest BCUT2D eigenvalue weighted by Gasteiger charge is -2.21. The minimum absolute atomic E-state index is 0.00852. The average molecular weight is 415 g/mol. The van der Waals surface area contributed by atoms with Crippen LogP contribution in [0.1, 0.15) is 41.6 Å². The molecule has 0 aliphatic carbocycles. The molecule has 158 valence electrons. The van der Waals surface area contributed by atoms with Gasteiger partial charge in [0.15, 0.2) is 0 Å². The van der Waals surface area contributed by atoms with Crippen molar-refractivity contribution in [3.63, 3.8) is 0 Å². The van der Waals surface area contributed by atoms with E-state index in [1.807, 2.05) is 60.4 Å². The second kappa shape index (κ2) is 9.38. The third kappa shape index (κ3) is 4.71. The van der Waals surface area contributed by atoms with Crippen LogP contribution in [-0.4, -0.2) is 37.1 Å². The van der Waals surface area contributed by atoms with Crippen molar-refractivity contribution in [2.24, 2.45) is 0 Å². The summed E-state index contributed by atoms with van der Waals surface area (Å²) in [4.78, 5) is 19.6. The zero-order chi connectivity index (χ0) is 21.6. The van der Waals surface area contributed by atoms with Gasteiger partial charge in [0.2, 0.25) is 0 Å². The van der Waals surface area contributed by atoms with Crippen molar-refractivity contribution in [3.05, 3.63) is 84.5 Å². The molecular formula is C24H25N5O2. The molecule has 0 N–H and O–H groups in total. The number of amides is 1. The minimum Gasteiger partial charge on any atom is -0.467 e. The van der Waals surface area contributed by atoms with Crippen LogP contribution in [0.3, 0.4) is 0 Å². The van der Waals surface area contributed by atoms with Crippen molar-refractivity contribution in [3.8, 4) is 16.9 Å². The predicted molar refractivity (Wildman–Crippen MR) is 118 cm³/mol. The number of benzene rings is 1. The summed E-state index contributed by atoms with van der Waals surface area (Å²) in [5, 5.41) is 7.64. The zero-order valence-corrected chi connectivity index (χ0v) is 17.7. The number of aryl methyl sites for hydroxylation is 1. The Morgan fingerprint density at radius 3 is 2.48 bits per heavy atom. The molecule has 0 atom stereocenters. The van der Waals surface area contributed by atoms with E-state index in [9.17, 15) is 4.79 Å². The summed E-state index contributed by atoms with van der Waals surface area (Å²) < 4.78 is 7.21. The number of nitrogens with zero attached hydrogens (tertiary/aromatic N) is 5. The van der Waals surface area contributed by atoms with Crippen LogP contribution in [0.2, 0.25) is 0 Å². The molecule has 0 fully saturated rings. The molecule has 0 aliphatic rings. The van der Waals surface area contributed by atoms with Crippen LogP contribution in [0.4, 0.5) is 0 Å². The van der Waals surface area contributed by atoms with E-state index < -0.39 is 0 Å². The maximum absolute atomic E-state index is 13.1. The molecule has 0 saturated heterocycles. The van der Waals surface area contributed by atoms with Crippen molar-refractivity contribution in [2.75, 3.05) is 6.54 Å². The molecule has 3 aromatic heterocycles. The Kier molecular flexibility index (Phi) is 6.21. The summed E-state index contributed by atoms with van der Waals surface area (Å²) in [6.45, 7) is 5.26. The van der Waals surface area contributed by atoms with Gasteiger partial charge in [0.25, 0.3) is 5.91 Å². The quantitative estimate of drug-likeness (QED) is 0.418. The maximum atomic E-state index is 13.1. The van der Waals surface area contributed by atoms with Crippen molar-refractivity contribution in [2.45, 2.75) is 33.2 Å². The highest BCUT2D eigenvalue weighted by Crippen LogP contribution is 2.24. The first-order chi connectivity index (χ1) is 15.2. The summed E-state index contributed by atoms with van der Waals surface area (Å²) in [7, 11) is 0. The zero-order valence-electron chi connectivity index (χ0n) is 17.7. The van der Waals surface area contributed by atoms with Gasteiger partial charge in [-0.15, -0.1) is 10.2 Å². The molecule has 4 rings (SSSR count). The summed E-state index contributed by atoms with van der Waals surface area (Å²) in [6, 6.07) is 15.4. The summed E-state index contributed by atoms with van der Waals surface area (Å²) in [5.41, 5.74) is 3.60. The summed E-state index contributed by atoms with van der Waals surface area (Å²) in [5.74, 6) is 1.56. The molecule has 0 unspecified atom stereocenters. The van der Waals surface area contributed by atoms with Crippen molar-refractivity contribution >= 4 is 5.91 Å². The highest BCUT2D eigenvalue weighted by Gasteiger charge is 2.17. The van der Waals surface area contributed by atoms with Crippen molar-refractivity contribution in [1.82, 2.24) is 24.6 Å². The number of pyridine rings is 1. The number of aromatic nitrogens is 4. The second-order valence-corrected chi connectivity index (χ2v) is 7.41. The number of hydrogen-bond acceptors (Lipinski definition) is 5. The molecular weight excluding hydrogens is 390 g/mol. The lowest BCUT2D eigenvalue weighted by atomic mass is 10.0. The third-order valence-electron chi connectivity index (χ3n) is 5.19. The Balaban J connectivity index is 1.53. The Morgan fingerprint density at radius 1 is 1.06 bits per heavy atom. The van der Waals surface area contributed by atoms with E-state index in [-0.39, 0.29) is 5.91 Å². The first-order valence-electron chi connectivity index (χ1n) is 10.4. The normalized spacial score (nSPS) is 10.9. The molecule has 0 bridgehead atoms. The Hall–Kier alpha value is -3.74. The smallest absolute Gasteiger partial charge is 0.254 e. The fourth-order valence-electron chi connectivity index (χ4n) is 3.48. The van der Waals surface area contributed by atoms with Gasteiger partial charge in [0.05, 0.1) is 12.8 Å². The van der Waals surface area contributed by atoms with Crippen LogP contribution in [0, 0.1) is 6.92 Å². The monoisotopic (exact) mass is 415 g/mol. The average Bonchev–Trinajstić information content (AvgIpc) is 3.51. The summed E-state index contributed by atoms with van der Waals surface area (Å²) in [6.07, 6.45) is 6.85. The van der Waals surface area contributed by atoms with Crippen molar-refractivity contribution < 1.29 is 9.21 Å². The third-order valence-corrected chi connectivity index (χ3v) is 5.19. The number of rotatable bonds is 8. The van der Waals surface area contributed by atoms with Crippen LogP contribution >= 0.6 is 0 Å². The minimum atomic E-state index is 0.00852. The van der Waals surface area contributed by atoms with Crippen LogP contribution in [0.25, 0.3) is 16.9 Å². The van der Waals surface area contributed by atoms with Crippen LogP contribution in [-0.2, 0) is 6.54 Å². The standard InChI is InChI=1S/C24H25N5O2/c1-3-4-13-28(15-21-6-5-14-31-21)24(30)20-9-7-19(8-10-20)22-11-12-23(27-18(22)2)29-16-25-26-17-29/h5-12,14,16-17H,3-4,13,15H2,1-2H3. The van der Waals surface area contributed by atoms with Crippen LogP contribution in [0.15, 0.2) is 71.9 Å². The van der Waals surface area contributed by atoms with Gasteiger partial charge in [-0.05, 0) is 55.3 Å².